The van der Waals surface area contributed by atoms with Crippen molar-refractivity contribution in [2.45, 2.75) is 32.5 Å². The Balaban J connectivity index is 1.95. The van der Waals surface area contributed by atoms with E-state index in [0.717, 1.165) is 31.6 Å². The topological polar surface area (TPSA) is 12.5 Å². The first-order valence-electron chi connectivity index (χ1n) is 7.25. The van der Waals surface area contributed by atoms with Crippen LogP contribution in [-0.2, 0) is 0 Å². The van der Waals surface area contributed by atoms with Crippen molar-refractivity contribution in [2.24, 2.45) is 0 Å². The highest BCUT2D eigenvalue weighted by Crippen LogP contribution is 2.27. The van der Waals surface area contributed by atoms with E-state index in [1.807, 2.05) is 0 Å². The van der Waals surface area contributed by atoms with E-state index >= 15 is 0 Å². The monoisotopic (exact) mass is 299 g/mol. The number of hydrogen-bond donors (Lipinski definition) is 0. The van der Waals surface area contributed by atoms with Crippen molar-refractivity contribution in [2.75, 3.05) is 19.6 Å². The van der Waals surface area contributed by atoms with Gasteiger partial charge in [-0.3, -0.25) is 4.90 Å². The van der Waals surface area contributed by atoms with Gasteiger partial charge in [-0.15, -0.1) is 13.2 Å². The van der Waals surface area contributed by atoms with Crippen LogP contribution in [0.4, 0.5) is 13.2 Å². The van der Waals surface area contributed by atoms with Gasteiger partial charge in [-0.2, -0.15) is 0 Å². The minimum atomic E-state index is -4.63. The molecule has 0 fully saturated rings. The molecule has 2 nitrogen and oxygen atoms in total. The Morgan fingerprint density at radius 1 is 1.19 bits per heavy atom. The molecule has 1 heterocycles. The van der Waals surface area contributed by atoms with Crippen molar-refractivity contribution in [3.63, 3.8) is 0 Å². The Hall–Kier alpha value is -1.49. The fourth-order valence-corrected chi connectivity index (χ4v) is 2.43. The largest absolute Gasteiger partial charge is 0.573 e. The van der Waals surface area contributed by atoms with Gasteiger partial charge in [0.1, 0.15) is 5.75 Å². The van der Waals surface area contributed by atoms with E-state index in [-0.39, 0.29) is 5.75 Å². The van der Waals surface area contributed by atoms with Gasteiger partial charge in [-0.05, 0) is 42.7 Å². The molecule has 0 spiro atoms. The zero-order valence-electron chi connectivity index (χ0n) is 12.1. The number of benzene rings is 1. The van der Waals surface area contributed by atoms with Crippen molar-refractivity contribution in [1.29, 1.82) is 0 Å². The van der Waals surface area contributed by atoms with Gasteiger partial charge in [0.25, 0.3) is 0 Å². The maximum atomic E-state index is 12.1. The van der Waals surface area contributed by atoms with Gasteiger partial charge in [-0.1, -0.05) is 31.6 Å². The number of rotatable bonds is 5. The molecule has 0 bridgehead atoms. The van der Waals surface area contributed by atoms with E-state index in [2.05, 4.69) is 22.6 Å². The maximum absolute atomic E-state index is 12.1. The van der Waals surface area contributed by atoms with Crippen LogP contribution in [0.5, 0.6) is 5.75 Å². The molecule has 0 unspecified atom stereocenters. The molecule has 1 aliphatic heterocycles. The summed E-state index contributed by atoms with van der Waals surface area (Å²) >= 11 is 0. The molecule has 1 aliphatic rings. The second-order valence-electron chi connectivity index (χ2n) is 5.21. The minimum absolute atomic E-state index is 0.174. The smallest absolute Gasteiger partial charge is 0.406 e. The summed E-state index contributed by atoms with van der Waals surface area (Å²) < 4.78 is 40.2. The quantitative estimate of drug-likeness (QED) is 0.795. The minimum Gasteiger partial charge on any atom is -0.406 e. The fourth-order valence-electron chi connectivity index (χ4n) is 2.43. The van der Waals surface area contributed by atoms with E-state index in [0.29, 0.717) is 0 Å². The zero-order chi connectivity index (χ0) is 15.3. The van der Waals surface area contributed by atoms with Gasteiger partial charge in [0, 0.05) is 13.1 Å². The highest BCUT2D eigenvalue weighted by molar-refractivity contribution is 5.67. The van der Waals surface area contributed by atoms with E-state index < -0.39 is 6.36 Å². The maximum Gasteiger partial charge on any atom is 0.573 e. The number of ether oxygens (including phenoxy) is 1. The van der Waals surface area contributed by atoms with Crippen LogP contribution in [0.25, 0.3) is 5.57 Å². The van der Waals surface area contributed by atoms with Crippen molar-refractivity contribution in [3.05, 3.63) is 35.9 Å². The van der Waals surface area contributed by atoms with Crippen molar-refractivity contribution in [3.8, 4) is 5.75 Å². The molecule has 116 valence electrons. The Morgan fingerprint density at radius 2 is 1.90 bits per heavy atom. The van der Waals surface area contributed by atoms with Crippen LogP contribution >= 0.6 is 0 Å². The summed E-state index contributed by atoms with van der Waals surface area (Å²) in [6.07, 6.45) is 0.855. The van der Waals surface area contributed by atoms with Crippen LogP contribution in [0.15, 0.2) is 30.3 Å². The van der Waals surface area contributed by atoms with Gasteiger partial charge >= 0.3 is 6.36 Å². The van der Waals surface area contributed by atoms with Crippen LogP contribution < -0.4 is 4.74 Å². The summed E-state index contributed by atoms with van der Waals surface area (Å²) in [5, 5.41) is 0. The average molecular weight is 299 g/mol. The molecule has 0 N–H and O–H groups in total. The molecule has 0 aromatic heterocycles. The predicted molar refractivity (Wildman–Crippen MR) is 77.1 cm³/mol. The molecule has 0 radical (unpaired) electrons. The van der Waals surface area contributed by atoms with Crippen molar-refractivity contribution < 1.29 is 17.9 Å². The SMILES string of the molecule is CCCCN1CC=C(c2ccc(OC(F)(F)F)cc2)CC1. The molecule has 21 heavy (non-hydrogen) atoms. The molecule has 0 saturated carbocycles. The van der Waals surface area contributed by atoms with Gasteiger partial charge in [0.15, 0.2) is 0 Å². The zero-order valence-corrected chi connectivity index (χ0v) is 12.1. The number of unbranched alkanes of at least 4 members (excludes halogenated alkanes) is 1. The normalized spacial score (nSPS) is 16.7. The molecular weight excluding hydrogens is 279 g/mol. The van der Waals surface area contributed by atoms with Gasteiger partial charge in [-0.25, -0.2) is 0 Å². The number of halogens is 3. The summed E-state index contributed by atoms with van der Waals surface area (Å²) in [4.78, 5) is 2.40. The molecule has 5 heteroatoms. The molecular formula is C16H20F3NO. The lowest BCUT2D eigenvalue weighted by molar-refractivity contribution is -0.274. The Morgan fingerprint density at radius 3 is 2.43 bits per heavy atom. The first kappa shape index (κ1) is 15.9. The van der Waals surface area contributed by atoms with Gasteiger partial charge < -0.3 is 4.74 Å². The molecule has 0 aliphatic carbocycles. The highest BCUT2D eigenvalue weighted by atomic mass is 19.4. The third kappa shape index (κ3) is 5.08. The van der Waals surface area contributed by atoms with Crippen molar-refractivity contribution >= 4 is 5.57 Å². The van der Waals surface area contributed by atoms with Crippen LogP contribution in [0.1, 0.15) is 31.7 Å². The fraction of sp³-hybridized carbons (Fsp3) is 0.500. The second-order valence-corrected chi connectivity index (χ2v) is 5.21. The summed E-state index contributed by atoms with van der Waals surface area (Å²) in [6, 6.07) is 6.11. The van der Waals surface area contributed by atoms with Crippen LogP contribution in [0.3, 0.4) is 0 Å². The highest BCUT2D eigenvalue weighted by Gasteiger charge is 2.31. The van der Waals surface area contributed by atoms with Crippen LogP contribution in [0, 0.1) is 0 Å². The number of alkyl halides is 3. The first-order chi connectivity index (χ1) is 9.98. The van der Waals surface area contributed by atoms with Crippen LogP contribution in [0.2, 0.25) is 0 Å². The summed E-state index contributed by atoms with van der Waals surface area (Å²) in [7, 11) is 0. The van der Waals surface area contributed by atoms with E-state index in [9.17, 15) is 13.2 Å². The van der Waals surface area contributed by atoms with Gasteiger partial charge in [0.05, 0.1) is 0 Å². The summed E-state index contributed by atoms with van der Waals surface area (Å²) in [6.45, 7) is 5.21. The lowest BCUT2D eigenvalue weighted by Gasteiger charge is -2.26. The number of nitrogens with zero attached hydrogens (tertiary/aromatic N) is 1. The number of hydrogen-bond acceptors (Lipinski definition) is 2. The molecule has 1 aromatic rings. The standard InChI is InChI=1S/C16H20F3NO/c1-2-3-10-20-11-8-14(9-12-20)13-4-6-15(7-5-13)21-16(17,18)19/h4-8H,2-3,9-12H2,1H3. The molecule has 1 aromatic carbocycles. The third-order valence-corrected chi connectivity index (χ3v) is 3.58. The Bertz CT molecular complexity index is 479. The molecule has 0 saturated heterocycles. The lowest BCUT2D eigenvalue weighted by Crippen LogP contribution is -2.29. The first-order valence-corrected chi connectivity index (χ1v) is 7.25. The second kappa shape index (κ2) is 6.98. The van der Waals surface area contributed by atoms with E-state index in [1.54, 1.807) is 12.1 Å². The summed E-state index contributed by atoms with van der Waals surface area (Å²) in [5.74, 6) is -0.174. The molecule has 0 amide bonds. The average Bonchev–Trinajstić information content (AvgIpc) is 2.45. The predicted octanol–water partition coefficient (Wildman–Crippen LogP) is 4.47. The lowest BCUT2D eigenvalue weighted by atomic mass is 9.99. The van der Waals surface area contributed by atoms with E-state index in [4.69, 9.17) is 0 Å². The molecule has 2 rings (SSSR count). The third-order valence-electron chi connectivity index (χ3n) is 3.58. The Kier molecular flexibility index (Phi) is 5.28. The van der Waals surface area contributed by atoms with Gasteiger partial charge in [0.2, 0.25) is 0 Å². The van der Waals surface area contributed by atoms with Crippen LogP contribution in [-0.4, -0.2) is 30.9 Å². The van der Waals surface area contributed by atoms with Crippen molar-refractivity contribution in [1.82, 2.24) is 4.90 Å². The summed E-state index contributed by atoms with van der Waals surface area (Å²) in [5.41, 5.74) is 2.17. The van der Waals surface area contributed by atoms with E-state index in [1.165, 1.54) is 30.5 Å². The Labute approximate surface area is 123 Å². The molecule has 0 atom stereocenters.